The molecule has 0 aliphatic carbocycles. The van der Waals surface area contributed by atoms with Crippen LogP contribution in [0, 0.1) is 0 Å². The van der Waals surface area contributed by atoms with Crippen LogP contribution in [0.5, 0.6) is 0 Å². The van der Waals surface area contributed by atoms with Gasteiger partial charge in [0.25, 0.3) is 0 Å². The third kappa shape index (κ3) is 5.63. The van der Waals surface area contributed by atoms with Crippen LogP contribution in [-0.4, -0.2) is 0 Å². The van der Waals surface area contributed by atoms with Crippen LogP contribution < -0.4 is 11.5 Å². The van der Waals surface area contributed by atoms with Gasteiger partial charge in [-0.3, -0.25) is 0 Å². The average molecular weight is 232 g/mol. The summed E-state index contributed by atoms with van der Waals surface area (Å²) >= 11 is 0. The first kappa shape index (κ1) is 17.9. The number of nitrogens with two attached hydrogens (primary N) is 2. The van der Waals surface area contributed by atoms with E-state index >= 15 is 0 Å². The summed E-state index contributed by atoms with van der Waals surface area (Å²) in [6.07, 6.45) is -0.341. The Morgan fingerprint density at radius 2 is 1.25 bits per heavy atom. The summed E-state index contributed by atoms with van der Waals surface area (Å²) in [6.45, 7) is 0. The average Bonchev–Trinajstić information content (AvgIpc) is 1.90. The number of hydrogen-bond donors (Lipinski definition) is 2. The summed E-state index contributed by atoms with van der Waals surface area (Å²) < 4.78 is 0. The third-order valence-corrected chi connectivity index (χ3v) is 1.18. The zero-order valence-corrected chi connectivity index (χ0v) is 8.79. The summed E-state index contributed by atoms with van der Waals surface area (Å²) in [4.78, 5) is 0. The minimum atomic E-state index is -0.341. The van der Waals surface area contributed by atoms with Gasteiger partial charge in [0.2, 0.25) is 0 Å². The highest BCUT2D eigenvalue weighted by atomic mass is 35.5. The maximum Gasteiger partial charge on any atom is 0.0784 e. The molecule has 0 aromatic heterocycles. The Bertz CT molecular complexity index is 179. The highest BCUT2D eigenvalue weighted by Gasteiger charge is 1.93. The second-order valence-electron chi connectivity index (χ2n) is 1.94. The Kier molecular flexibility index (Phi) is 13.6. The van der Waals surface area contributed by atoms with Crippen molar-refractivity contribution in [3.8, 4) is 0 Å². The molecule has 2 nitrogen and oxygen atoms in total. The van der Waals surface area contributed by atoms with Crippen molar-refractivity contribution in [2.45, 2.75) is 6.17 Å². The molecule has 72 valence electrons. The first-order valence-corrected chi connectivity index (χ1v) is 2.87. The molecule has 0 bridgehead atoms. The van der Waals surface area contributed by atoms with Gasteiger partial charge in [0.15, 0.2) is 0 Å². The molecular formula is C7H13Cl3N2. The molecule has 0 radical (unpaired) electrons. The molecule has 12 heavy (non-hydrogen) atoms. The summed E-state index contributed by atoms with van der Waals surface area (Å²) in [6, 6.07) is 9.59. The third-order valence-electron chi connectivity index (χ3n) is 1.18. The fourth-order valence-electron chi connectivity index (χ4n) is 0.675. The predicted molar refractivity (Wildman–Crippen MR) is 59.3 cm³/mol. The van der Waals surface area contributed by atoms with Crippen molar-refractivity contribution in [2.24, 2.45) is 11.5 Å². The van der Waals surface area contributed by atoms with Crippen LogP contribution in [0.15, 0.2) is 30.3 Å². The number of benzene rings is 1. The van der Waals surface area contributed by atoms with E-state index in [0.717, 1.165) is 5.56 Å². The van der Waals surface area contributed by atoms with Gasteiger partial charge in [-0.1, -0.05) is 30.3 Å². The van der Waals surface area contributed by atoms with E-state index in [0.29, 0.717) is 0 Å². The molecule has 0 amide bonds. The van der Waals surface area contributed by atoms with E-state index in [9.17, 15) is 0 Å². The quantitative estimate of drug-likeness (QED) is 0.725. The van der Waals surface area contributed by atoms with E-state index in [1.165, 1.54) is 0 Å². The number of hydrogen-bond acceptors (Lipinski definition) is 2. The van der Waals surface area contributed by atoms with Crippen molar-refractivity contribution in [1.82, 2.24) is 0 Å². The molecule has 0 aliphatic heterocycles. The molecule has 0 saturated heterocycles. The summed E-state index contributed by atoms with van der Waals surface area (Å²) in [5.41, 5.74) is 11.8. The summed E-state index contributed by atoms with van der Waals surface area (Å²) in [5.74, 6) is 0. The predicted octanol–water partition coefficient (Wildman–Crippen LogP) is 1.87. The lowest BCUT2D eigenvalue weighted by Crippen LogP contribution is -2.19. The molecule has 0 fully saturated rings. The van der Waals surface area contributed by atoms with Crippen molar-refractivity contribution in [3.63, 3.8) is 0 Å². The molecular weight excluding hydrogens is 218 g/mol. The van der Waals surface area contributed by atoms with Gasteiger partial charge < -0.3 is 11.5 Å². The van der Waals surface area contributed by atoms with Crippen LogP contribution in [0.2, 0.25) is 0 Å². The van der Waals surface area contributed by atoms with E-state index in [1.807, 2.05) is 30.3 Å². The Labute approximate surface area is 90.9 Å². The van der Waals surface area contributed by atoms with E-state index in [1.54, 1.807) is 0 Å². The van der Waals surface area contributed by atoms with Crippen LogP contribution in [0.3, 0.4) is 0 Å². The minimum Gasteiger partial charge on any atom is -0.312 e. The van der Waals surface area contributed by atoms with E-state index in [4.69, 9.17) is 11.5 Å². The first-order chi connectivity index (χ1) is 4.30. The fraction of sp³-hybridized carbons (Fsp3) is 0.143. The van der Waals surface area contributed by atoms with E-state index in [2.05, 4.69) is 0 Å². The van der Waals surface area contributed by atoms with E-state index < -0.39 is 0 Å². The molecule has 0 heterocycles. The standard InChI is InChI=1S/C7H10N2.3ClH/c8-7(9)6-4-2-1-3-5-6;;;/h1-5,7H,8-9H2;3*1H. The molecule has 0 aliphatic rings. The minimum absolute atomic E-state index is 0. The highest BCUT2D eigenvalue weighted by molar-refractivity contribution is 5.86. The van der Waals surface area contributed by atoms with Crippen LogP contribution in [0.25, 0.3) is 0 Å². The molecule has 5 heteroatoms. The van der Waals surface area contributed by atoms with Gasteiger partial charge in [0, 0.05) is 0 Å². The van der Waals surface area contributed by atoms with Crippen LogP contribution >= 0.6 is 37.2 Å². The second-order valence-corrected chi connectivity index (χ2v) is 1.94. The molecule has 0 saturated carbocycles. The molecule has 0 spiro atoms. The van der Waals surface area contributed by atoms with Crippen LogP contribution in [0.4, 0.5) is 0 Å². The monoisotopic (exact) mass is 230 g/mol. The van der Waals surface area contributed by atoms with Crippen molar-refractivity contribution >= 4 is 37.2 Å². The molecule has 1 rings (SSSR count). The highest BCUT2D eigenvalue weighted by Crippen LogP contribution is 2.01. The lowest BCUT2D eigenvalue weighted by atomic mass is 10.2. The smallest absolute Gasteiger partial charge is 0.0784 e. The Morgan fingerprint density at radius 1 is 0.833 bits per heavy atom. The van der Waals surface area contributed by atoms with Gasteiger partial charge in [-0.2, -0.15) is 0 Å². The Balaban J connectivity index is -0.000000270. The zero-order chi connectivity index (χ0) is 6.69. The number of halogens is 3. The number of rotatable bonds is 1. The molecule has 0 unspecified atom stereocenters. The van der Waals surface area contributed by atoms with Gasteiger partial charge in [-0.25, -0.2) is 0 Å². The van der Waals surface area contributed by atoms with Gasteiger partial charge in [-0.05, 0) is 5.56 Å². The molecule has 4 N–H and O–H groups in total. The van der Waals surface area contributed by atoms with Crippen LogP contribution in [-0.2, 0) is 0 Å². The maximum absolute atomic E-state index is 5.39. The van der Waals surface area contributed by atoms with E-state index in [-0.39, 0.29) is 43.4 Å². The molecule has 0 atom stereocenters. The molecule has 1 aromatic carbocycles. The second kappa shape index (κ2) is 9.10. The lowest BCUT2D eigenvalue weighted by molar-refractivity contribution is 0.774. The topological polar surface area (TPSA) is 52.0 Å². The van der Waals surface area contributed by atoms with Crippen molar-refractivity contribution in [1.29, 1.82) is 0 Å². The van der Waals surface area contributed by atoms with Gasteiger partial charge in [-0.15, -0.1) is 37.2 Å². The fourth-order valence-corrected chi connectivity index (χ4v) is 0.675. The normalized spacial score (nSPS) is 7.58. The summed E-state index contributed by atoms with van der Waals surface area (Å²) in [5, 5.41) is 0. The Morgan fingerprint density at radius 3 is 1.50 bits per heavy atom. The van der Waals surface area contributed by atoms with Crippen LogP contribution in [0.1, 0.15) is 11.7 Å². The zero-order valence-electron chi connectivity index (χ0n) is 6.34. The SMILES string of the molecule is Cl.Cl.Cl.NC(N)c1ccccc1. The Hall–Kier alpha value is 0.01000. The lowest BCUT2D eigenvalue weighted by Gasteiger charge is -2.02. The van der Waals surface area contributed by atoms with Crippen molar-refractivity contribution < 1.29 is 0 Å². The maximum atomic E-state index is 5.39. The molecule has 1 aromatic rings. The largest absolute Gasteiger partial charge is 0.312 e. The van der Waals surface area contributed by atoms with Crippen molar-refractivity contribution in [3.05, 3.63) is 35.9 Å². The van der Waals surface area contributed by atoms with Gasteiger partial charge in [0.1, 0.15) is 0 Å². The van der Waals surface area contributed by atoms with Gasteiger partial charge >= 0.3 is 0 Å². The van der Waals surface area contributed by atoms with Crippen molar-refractivity contribution in [2.75, 3.05) is 0 Å². The van der Waals surface area contributed by atoms with Gasteiger partial charge in [0.05, 0.1) is 6.17 Å². The first-order valence-electron chi connectivity index (χ1n) is 2.87. The summed E-state index contributed by atoms with van der Waals surface area (Å²) in [7, 11) is 0.